The smallest absolute Gasteiger partial charge is 0.344 e. The van der Waals surface area contributed by atoms with Gasteiger partial charge in [-0.1, -0.05) is 35.5 Å². The molecule has 0 spiro atoms. The van der Waals surface area contributed by atoms with Gasteiger partial charge in [-0.25, -0.2) is 4.79 Å². The molecular weight excluding hydrogens is 320 g/mol. The highest BCUT2D eigenvalue weighted by atomic mass is 16.5. The molecule has 6 heteroatoms. The van der Waals surface area contributed by atoms with Gasteiger partial charge in [0.2, 0.25) is 0 Å². The minimum atomic E-state index is -0.653. The Morgan fingerprint density at radius 3 is 2.88 bits per heavy atom. The van der Waals surface area contributed by atoms with Gasteiger partial charge in [-0.2, -0.15) is 0 Å². The summed E-state index contributed by atoms with van der Waals surface area (Å²) in [6, 6.07) is 12.9. The third kappa shape index (κ3) is 3.10. The van der Waals surface area contributed by atoms with E-state index in [1.807, 2.05) is 30.3 Å². The van der Waals surface area contributed by atoms with Crippen LogP contribution in [0, 0.1) is 0 Å². The molecule has 6 nitrogen and oxygen atoms in total. The van der Waals surface area contributed by atoms with E-state index in [1.165, 1.54) is 0 Å². The van der Waals surface area contributed by atoms with Crippen molar-refractivity contribution in [3.63, 3.8) is 0 Å². The summed E-state index contributed by atoms with van der Waals surface area (Å²) >= 11 is 0. The zero-order valence-electron chi connectivity index (χ0n) is 13.5. The van der Waals surface area contributed by atoms with E-state index in [0.717, 1.165) is 36.1 Å². The number of carbonyl (C=O) groups excluding carboxylic acids is 1. The summed E-state index contributed by atoms with van der Waals surface area (Å²) in [6.07, 6.45) is 2.71. The van der Waals surface area contributed by atoms with Gasteiger partial charge < -0.3 is 14.2 Å². The van der Waals surface area contributed by atoms with Crippen LogP contribution in [-0.4, -0.2) is 16.1 Å². The largest absolute Gasteiger partial charge is 0.455 e. The molecule has 0 unspecified atom stereocenters. The molecule has 1 aromatic carbocycles. The molecule has 0 amide bonds. The lowest BCUT2D eigenvalue weighted by atomic mass is 10.1. The number of ether oxygens (including phenoxy) is 1. The lowest BCUT2D eigenvalue weighted by molar-refractivity contribution is 0.0462. The van der Waals surface area contributed by atoms with Gasteiger partial charge in [-0.3, -0.25) is 4.79 Å². The third-order valence-corrected chi connectivity index (χ3v) is 4.28. The summed E-state index contributed by atoms with van der Waals surface area (Å²) in [7, 11) is 0. The van der Waals surface area contributed by atoms with Gasteiger partial charge in [0.05, 0.1) is 0 Å². The number of hydrogen-bond donors (Lipinski definition) is 1. The first kappa shape index (κ1) is 15.4. The molecule has 0 atom stereocenters. The molecule has 1 aliphatic carbocycles. The molecule has 2 aromatic heterocycles. The normalized spacial score (nSPS) is 12.8. The first-order valence-corrected chi connectivity index (χ1v) is 8.14. The molecule has 0 fully saturated rings. The van der Waals surface area contributed by atoms with E-state index < -0.39 is 11.5 Å². The van der Waals surface area contributed by atoms with Gasteiger partial charge in [0.25, 0.3) is 5.56 Å². The van der Waals surface area contributed by atoms with E-state index >= 15 is 0 Å². The molecule has 126 valence electrons. The molecule has 1 N–H and O–H groups in total. The molecule has 0 saturated heterocycles. The Labute approximate surface area is 143 Å². The fraction of sp³-hybridized carbons (Fsp3) is 0.211. The second-order valence-electron chi connectivity index (χ2n) is 5.99. The minimum Gasteiger partial charge on any atom is -0.455 e. The lowest BCUT2D eigenvalue weighted by Crippen LogP contribution is -2.21. The van der Waals surface area contributed by atoms with Gasteiger partial charge in [0, 0.05) is 17.3 Å². The minimum absolute atomic E-state index is 0.0347. The summed E-state index contributed by atoms with van der Waals surface area (Å²) in [5.41, 5.74) is 2.94. The number of esters is 1. The molecule has 25 heavy (non-hydrogen) atoms. The maximum absolute atomic E-state index is 12.2. The van der Waals surface area contributed by atoms with Gasteiger partial charge in [0.1, 0.15) is 17.9 Å². The zero-order chi connectivity index (χ0) is 17.2. The number of nitrogens with zero attached hydrogens (tertiary/aromatic N) is 1. The van der Waals surface area contributed by atoms with E-state index in [4.69, 9.17) is 9.26 Å². The third-order valence-electron chi connectivity index (χ3n) is 4.28. The Morgan fingerprint density at radius 2 is 2.04 bits per heavy atom. The SMILES string of the molecule is O=C(OCc1cc(-c2ccccc2)on1)c1cc2c([nH]c1=O)CCC2. The predicted octanol–water partition coefficient (Wildman–Crippen LogP) is 2.88. The van der Waals surface area contributed by atoms with Crippen molar-refractivity contribution in [3.05, 3.63) is 75.3 Å². The number of nitrogens with one attached hydrogen (secondary N) is 1. The van der Waals surface area contributed by atoms with Crippen molar-refractivity contribution in [1.29, 1.82) is 0 Å². The maximum Gasteiger partial charge on any atom is 0.344 e. The van der Waals surface area contributed by atoms with E-state index in [2.05, 4.69) is 10.1 Å². The van der Waals surface area contributed by atoms with Gasteiger partial charge in [-0.15, -0.1) is 0 Å². The molecule has 0 saturated carbocycles. The number of pyridine rings is 1. The van der Waals surface area contributed by atoms with Gasteiger partial charge >= 0.3 is 5.97 Å². The Hall–Kier alpha value is -3.15. The summed E-state index contributed by atoms with van der Waals surface area (Å²) < 4.78 is 10.5. The monoisotopic (exact) mass is 336 g/mol. The Morgan fingerprint density at radius 1 is 1.20 bits per heavy atom. The topological polar surface area (TPSA) is 85.2 Å². The number of H-pyrrole nitrogens is 1. The van der Waals surface area contributed by atoms with E-state index in [-0.39, 0.29) is 12.2 Å². The quantitative estimate of drug-likeness (QED) is 0.741. The van der Waals surface area contributed by atoms with Crippen LogP contribution in [0.3, 0.4) is 0 Å². The van der Waals surface area contributed by atoms with Crippen LogP contribution in [0.5, 0.6) is 0 Å². The molecule has 0 radical (unpaired) electrons. The average molecular weight is 336 g/mol. The highest BCUT2D eigenvalue weighted by Gasteiger charge is 2.19. The second-order valence-corrected chi connectivity index (χ2v) is 5.99. The maximum atomic E-state index is 12.2. The number of aromatic amines is 1. The van der Waals surface area contributed by atoms with Crippen molar-refractivity contribution in [3.8, 4) is 11.3 Å². The number of fused-ring (bicyclic) bond motifs is 1. The molecule has 2 heterocycles. The predicted molar refractivity (Wildman–Crippen MR) is 90.1 cm³/mol. The fourth-order valence-electron chi connectivity index (χ4n) is 3.00. The highest BCUT2D eigenvalue weighted by Crippen LogP contribution is 2.21. The number of hydrogen-bond acceptors (Lipinski definition) is 5. The summed E-state index contributed by atoms with van der Waals surface area (Å²) in [5, 5.41) is 3.90. The Bertz CT molecular complexity index is 973. The van der Waals surface area contributed by atoms with Crippen molar-refractivity contribution in [2.75, 3.05) is 0 Å². The van der Waals surface area contributed by atoms with Crippen molar-refractivity contribution in [2.24, 2.45) is 0 Å². The summed E-state index contributed by atoms with van der Waals surface area (Å²) in [4.78, 5) is 27.0. The highest BCUT2D eigenvalue weighted by molar-refractivity contribution is 5.89. The number of aryl methyl sites for hydroxylation is 2. The van der Waals surface area contributed by atoms with Crippen LogP contribution >= 0.6 is 0 Å². The van der Waals surface area contributed by atoms with Crippen LogP contribution in [0.4, 0.5) is 0 Å². The molecular formula is C19H16N2O4. The first-order valence-electron chi connectivity index (χ1n) is 8.14. The Balaban J connectivity index is 1.46. The van der Waals surface area contributed by atoms with Crippen molar-refractivity contribution < 1.29 is 14.1 Å². The van der Waals surface area contributed by atoms with Crippen molar-refractivity contribution in [2.45, 2.75) is 25.9 Å². The molecule has 1 aliphatic rings. The number of benzene rings is 1. The van der Waals surface area contributed by atoms with E-state index in [9.17, 15) is 9.59 Å². The molecule has 0 aliphatic heterocycles. The van der Waals surface area contributed by atoms with Crippen molar-refractivity contribution >= 4 is 5.97 Å². The van der Waals surface area contributed by atoms with Crippen LogP contribution in [0.25, 0.3) is 11.3 Å². The van der Waals surface area contributed by atoms with Crippen LogP contribution in [0.2, 0.25) is 0 Å². The standard InChI is InChI=1S/C19H16N2O4/c22-18-15(9-13-7-4-8-16(13)20-18)19(23)24-11-14-10-17(25-21-14)12-5-2-1-3-6-12/h1-3,5-6,9-10H,4,7-8,11H2,(H,20,22). The second kappa shape index (κ2) is 6.39. The number of rotatable bonds is 4. The van der Waals surface area contributed by atoms with Gasteiger partial charge in [0.15, 0.2) is 5.76 Å². The molecule has 4 rings (SSSR count). The zero-order valence-corrected chi connectivity index (χ0v) is 13.5. The van der Waals surface area contributed by atoms with Crippen LogP contribution in [-0.2, 0) is 24.2 Å². The van der Waals surface area contributed by atoms with Crippen molar-refractivity contribution in [1.82, 2.24) is 10.1 Å². The van der Waals surface area contributed by atoms with E-state index in [1.54, 1.807) is 12.1 Å². The first-order chi connectivity index (χ1) is 12.2. The summed E-state index contributed by atoms with van der Waals surface area (Å²) in [6.45, 7) is -0.0499. The molecule has 3 aromatic rings. The lowest BCUT2D eigenvalue weighted by Gasteiger charge is -2.04. The van der Waals surface area contributed by atoms with Crippen LogP contribution in [0.15, 0.2) is 51.8 Å². The summed E-state index contributed by atoms with van der Waals surface area (Å²) in [5.74, 6) is -0.0535. The van der Waals surface area contributed by atoms with E-state index in [0.29, 0.717) is 11.5 Å². The fourth-order valence-corrected chi connectivity index (χ4v) is 3.00. The van der Waals surface area contributed by atoms with Crippen LogP contribution < -0.4 is 5.56 Å². The van der Waals surface area contributed by atoms with Crippen LogP contribution in [0.1, 0.15) is 33.7 Å². The van der Waals surface area contributed by atoms with Gasteiger partial charge in [-0.05, 0) is 30.9 Å². The number of aromatic nitrogens is 2. The Kier molecular flexibility index (Phi) is 3.93. The number of carbonyl (C=O) groups is 1. The molecule has 0 bridgehead atoms. The average Bonchev–Trinajstić information content (AvgIpc) is 3.28.